The first kappa shape index (κ1) is 23.6. The number of benzene rings is 3. The van der Waals surface area contributed by atoms with E-state index in [1.54, 1.807) is 50.6 Å². The number of carbonyl (C=O) groups is 1. The van der Waals surface area contributed by atoms with E-state index in [-0.39, 0.29) is 36.0 Å². The molecule has 0 saturated heterocycles. The lowest BCUT2D eigenvalue weighted by molar-refractivity contribution is -0.129. The molecule has 0 heterocycles. The molecule has 172 valence electrons. The van der Waals surface area contributed by atoms with E-state index in [9.17, 15) is 9.90 Å². The Balaban J connectivity index is 1.88. The molecule has 0 amide bonds. The number of aliphatic imine (C=N–C) groups is 1. The Hall–Kier alpha value is -4.07. The van der Waals surface area contributed by atoms with Crippen LogP contribution in [-0.4, -0.2) is 38.1 Å². The van der Waals surface area contributed by atoms with Crippen LogP contribution in [0.3, 0.4) is 0 Å². The molecule has 1 N–H and O–H groups in total. The van der Waals surface area contributed by atoms with Crippen LogP contribution in [0.4, 0.5) is 4.39 Å². The molecule has 0 aliphatic heterocycles. The largest absolute Gasteiger partial charge is 0.497 e. The Bertz CT molecular complexity index is 1130. The van der Waals surface area contributed by atoms with Crippen molar-refractivity contribution >= 4 is 11.7 Å². The number of aliphatic carboxylic acids is 1. The quantitative estimate of drug-likeness (QED) is 0.455. The zero-order valence-corrected chi connectivity index (χ0v) is 18.5. The normalized spacial score (nSPS) is 11.1. The van der Waals surface area contributed by atoms with Crippen LogP contribution in [0, 0.1) is 5.82 Å². The SMILES string of the molecule is C/N=C(\C(=O)O)c1cc(F)c(OCc2ccc(OC)cc2)c(OCc2ccc(OC)cc2)c1. The summed E-state index contributed by atoms with van der Waals surface area (Å²) >= 11 is 0. The highest BCUT2D eigenvalue weighted by Gasteiger charge is 2.20. The molecule has 0 aromatic heterocycles. The van der Waals surface area contributed by atoms with Crippen molar-refractivity contribution in [3.63, 3.8) is 0 Å². The van der Waals surface area contributed by atoms with Gasteiger partial charge in [-0.1, -0.05) is 24.3 Å². The van der Waals surface area contributed by atoms with Crippen molar-refractivity contribution in [2.75, 3.05) is 21.3 Å². The summed E-state index contributed by atoms with van der Waals surface area (Å²) in [6.45, 7) is 0.185. The molecule has 0 spiro atoms. The molecule has 0 atom stereocenters. The van der Waals surface area contributed by atoms with Crippen LogP contribution >= 0.6 is 0 Å². The summed E-state index contributed by atoms with van der Waals surface area (Å²) in [4.78, 5) is 15.2. The van der Waals surface area contributed by atoms with Crippen molar-refractivity contribution in [3.05, 3.63) is 83.2 Å². The maximum atomic E-state index is 15.0. The summed E-state index contributed by atoms with van der Waals surface area (Å²) in [7, 11) is 4.47. The van der Waals surface area contributed by atoms with E-state index in [4.69, 9.17) is 18.9 Å². The molecule has 8 heteroatoms. The van der Waals surface area contributed by atoms with Crippen molar-refractivity contribution in [1.29, 1.82) is 0 Å². The predicted molar refractivity (Wildman–Crippen MR) is 121 cm³/mol. The number of carboxylic acid groups (broad SMARTS) is 1. The first-order valence-electron chi connectivity index (χ1n) is 10.0. The highest BCUT2D eigenvalue weighted by atomic mass is 19.1. The van der Waals surface area contributed by atoms with Crippen LogP contribution < -0.4 is 18.9 Å². The lowest BCUT2D eigenvalue weighted by atomic mass is 10.1. The Morgan fingerprint density at radius 1 is 0.879 bits per heavy atom. The van der Waals surface area contributed by atoms with Gasteiger partial charge in [0.05, 0.1) is 14.2 Å². The maximum absolute atomic E-state index is 15.0. The van der Waals surface area contributed by atoms with E-state index in [1.807, 2.05) is 12.1 Å². The second-order valence-corrected chi connectivity index (χ2v) is 6.94. The van der Waals surface area contributed by atoms with Gasteiger partial charge in [0.1, 0.15) is 30.4 Å². The molecule has 0 radical (unpaired) electrons. The summed E-state index contributed by atoms with van der Waals surface area (Å²) in [6.07, 6.45) is 0. The van der Waals surface area contributed by atoms with Gasteiger partial charge in [-0.2, -0.15) is 0 Å². The molecular weight excluding hydrogens is 429 g/mol. The van der Waals surface area contributed by atoms with E-state index in [0.717, 1.165) is 17.2 Å². The second kappa shape index (κ2) is 11.0. The van der Waals surface area contributed by atoms with Crippen LogP contribution in [0.5, 0.6) is 23.0 Å². The van der Waals surface area contributed by atoms with Gasteiger partial charge < -0.3 is 24.1 Å². The van der Waals surface area contributed by atoms with Gasteiger partial charge in [-0.05, 0) is 47.5 Å². The van der Waals surface area contributed by atoms with Gasteiger partial charge >= 0.3 is 5.97 Å². The first-order valence-corrected chi connectivity index (χ1v) is 10.0. The van der Waals surface area contributed by atoms with Gasteiger partial charge in [0.15, 0.2) is 17.3 Å². The predicted octanol–water partition coefficient (Wildman–Crippen LogP) is 4.50. The number of halogens is 1. The average Bonchev–Trinajstić information content (AvgIpc) is 2.83. The Kier molecular flexibility index (Phi) is 7.86. The zero-order valence-electron chi connectivity index (χ0n) is 18.5. The number of methoxy groups -OCH3 is 2. The summed E-state index contributed by atoms with van der Waals surface area (Å²) in [5.74, 6) is -0.697. The third kappa shape index (κ3) is 6.00. The van der Waals surface area contributed by atoms with Crippen molar-refractivity contribution in [1.82, 2.24) is 0 Å². The molecular formula is C25H24FNO6. The molecule has 3 aromatic rings. The van der Waals surface area contributed by atoms with Crippen molar-refractivity contribution < 1.29 is 33.2 Å². The van der Waals surface area contributed by atoms with Gasteiger partial charge in [0.25, 0.3) is 0 Å². The Morgan fingerprint density at radius 2 is 1.39 bits per heavy atom. The summed E-state index contributed by atoms with van der Waals surface area (Å²) < 4.78 is 36.9. The van der Waals surface area contributed by atoms with Gasteiger partial charge in [-0.25, -0.2) is 9.18 Å². The third-order valence-corrected chi connectivity index (χ3v) is 4.80. The average molecular weight is 453 g/mol. The highest BCUT2D eigenvalue weighted by molar-refractivity contribution is 6.42. The lowest BCUT2D eigenvalue weighted by Gasteiger charge is -2.16. The molecule has 0 aliphatic carbocycles. The molecule has 0 bridgehead atoms. The molecule has 7 nitrogen and oxygen atoms in total. The molecule has 0 fully saturated rings. The molecule has 33 heavy (non-hydrogen) atoms. The van der Waals surface area contributed by atoms with E-state index in [1.165, 1.54) is 13.1 Å². The number of ether oxygens (including phenoxy) is 4. The van der Waals surface area contributed by atoms with Crippen LogP contribution in [0.2, 0.25) is 0 Å². The molecule has 0 aliphatic rings. The third-order valence-electron chi connectivity index (χ3n) is 4.80. The smallest absolute Gasteiger partial charge is 0.354 e. The molecule has 3 rings (SSSR count). The van der Waals surface area contributed by atoms with Crippen LogP contribution in [0.15, 0.2) is 65.7 Å². The summed E-state index contributed by atoms with van der Waals surface area (Å²) in [6, 6.07) is 16.8. The fourth-order valence-electron chi connectivity index (χ4n) is 3.06. The molecule has 0 saturated carbocycles. The van der Waals surface area contributed by atoms with E-state index < -0.39 is 11.8 Å². The fourth-order valence-corrected chi connectivity index (χ4v) is 3.06. The summed E-state index contributed by atoms with van der Waals surface area (Å²) in [5.41, 5.74) is 1.39. The topological polar surface area (TPSA) is 86.6 Å². The highest BCUT2D eigenvalue weighted by Crippen LogP contribution is 2.34. The van der Waals surface area contributed by atoms with Gasteiger partial charge in [0, 0.05) is 12.6 Å². The Labute approximate surface area is 191 Å². The minimum Gasteiger partial charge on any atom is -0.497 e. The molecule has 0 unspecified atom stereocenters. The van der Waals surface area contributed by atoms with Crippen molar-refractivity contribution in [2.45, 2.75) is 13.2 Å². The summed E-state index contributed by atoms with van der Waals surface area (Å²) in [5, 5.41) is 9.38. The van der Waals surface area contributed by atoms with Crippen molar-refractivity contribution in [3.8, 4) is 23.0 Å². The number of nitrogens with zero attached hydrogens (tertiary/aromatic N) is 1. The fraction of sp³-hybridized carbons (Fsp3) is 0.200. The standard InChI is InChI=1S/C25H24FNO6/c1-27-23(25(28)29)18-12-21(26)24(33-15-17-6-10-20(31-3)11-7-17)22(13-18)32-14-16-4-8-19(30-2)9-5-16/h4-13H,14-15H2,1-3H3,(H,28,29)/b27-23-. The van der Waals surface area contributed by atoms with Gasteiger partial charge in [-0.3, -0.25) is 4.99 Å². The van der Waals surface area contributed by atoms with Crippen LogP contribution in [-0.2, 0) is 18.0 Å². The van der Waals surface area contributed by atoms with Gasteiger partial charge in [-0.15, -0.1) is 0 Å². The van der Waals surface area contributed by atoms with E-state index >= 15 is 4.39 Å². The monoisotopic (exact) mass is 453 g/mol. The number of carboxylic acids is 1. The number of rotatable bonds is 10. The lowest BCUT2D eigenvalue weighted by Crippen LogP contribution is -2.15. The minimum absolute atomic E-state index is 0.0664. The molecule has 3 aromatic carbocycles. The van der Waals surface area contributed by atoms with Crippen molar-refractivity contribution in [2.24, 2.45) is 4.99 Å². The minimum atomic E-state index is -1.27. The van der Waals surface area contributed by atoms with E-state index in [2.05, 4.69) is 4.99 Å². The number of hydrogen-bond acceptors (Lipinski definition) is 6. The number of hydrogen-bond donors (Lipinski definition) is 1. The maximum Gasteiger partial charge on any atom is 0.354 e. The van der Waals surface area contributed by atoms with E-state index in [0.29, 0.717) is 11.5 Å². The second-order valence-electron chi connectivity index (χ2n) is 6.94. The Morgan fingerprint density at radius 3 is 1.85 bits per heavy atom. The van der Waals surface area contributed by atoms with Crippen LogP contribution in [0.1, 0.15) is 16.7 Å². The van der Waals surface area contributed by atoms with Gasteiger partial charge in [0.2, 0.25) is 0 Å². The zero-order chi connectivity index (χ0) is 23.8. The van der Waals surface area contributed by atoms with Crippen LogP contribution in [0.25, 0.3) is 0 Å². The first-order chi connectivity index (χ1) is 15.9.